The van der Waals surface area contributed by atoms with Crippen molar-refractivity contribution in [3.63, 3.8) is 0 Å². The lowest BCUT2D eigenvalue weighted by Gasteiger charge is -2.25. The first kappa shape index (κ1) is 16.1. The molecule has 0 radical (unpaired) electrons. The molecule has 0 heterocycles. The van der Waals surface area contributed by atoms with Gasteiger partial charge in [-0.2, -0.15) is 0 Å². The second kappa shape index (κ2) is 8.27. The van der Waals surface area contributed by atoms with Gasteiger partial charge in [0.2, 0.25) is 0 Å². The minimum Gasteiger partial charge on any atom is -0.384 e. The summed E-state index contributed by atoms with van der Waals surface area (Å²) in [4.78, 5) is 2.20. The van der Waals surface area contributed by atoms with Gasteiger partial charge in [-0.25, -0.2) is 0 Å². The average molecular weight is 266 g/mol. The van der Waals surface area contributed by atoms with Gasteiger partial charge in [0.1, 0.15) is 0 Å². The van der Waals surface area contributed by atoms with Crippen molar-refractivity contribution >= 4 is 0 Å². The Balaban J connectivity index is 2.25. The van der Waals surface area contributed by atoms with Gasteiger partial charge in [0.15, 0.2) is 0 Å². The van der Waals surface area contributed by atoms with Crippen LogP contribution in [0.25, 0.3) is 0 Å². The van der Waals surface area contributed by atoms with Crippen LogP contribution in [0.1, 0.15) is 12.5 Å². The molecule has 1 aromatic rings. The van der Waals surface area contributed by atoms with Crippen LogP contribution < -0.4 is 5.32 Å². The number of nitrogens with one attached hydrogen (secondary N) is 1. The highest BCUT2D eigenvalue weighted by Crippen LogP contribution is 2.18. The first-order valence-electron chi connectivity index (χ1n) is 6.72. The summed E-state index contributed by atoms with van der Waals surface area (Å²) in [5.41, 5.74) is 0.113. The fourth-order valence-electron chi connectivity index (χ4n) is 1.86. The predicted molar refractivity (Wildman–Crippen MR) is 78.3 cm³/mol. The second-order valence-electron chi connectivity index (χ2n) is 5.11. The van der Waals surface area contributed by atoms with Crippen molar-refractivity contribution in [1.29, 1.82) is 0 Å². The molecule has 0 saturated carbocycles. The van der Waals surface area contributed by atoms with Crippen molar-refractivity contribution in [2.75, 3.05) is 46.9 Å². The highest BCUT2D eigenvalue weighted by Gasteiger charge is 2.21. The van der Waals surface area contributed by atoms with E-state index in [0.717, 1.165) is 31.8 Å². The van der Waals surface area contributed by atoms with Gasteiger partial charge in [-0.3, -0.25) is 0 Å². The first-order valence-corrected chi connectivity index (χ1v) is 6.72. The molecule has 0 fully saturated rings. The SMILES string of the molecule is COCCN(C)CCNCC(C)(O)c1ccccc1. The first-order chi connectivity index (χ1) is 9.06. The van der Waals surface area contributed by atoms with Crippen LogP contribution in [0.15, 0.2) is 30.3 Å². The van der Waals surface area contributed by atoms with Crippen molar-refractivity contribution in [1.82, 2.24) is 10.2 Å². The summed E-state index contributed by atoms with van der Waals surface area (Å²) in [7, 11) is 3.78. The van der Waals surface area contributed by atoms with Crippen molar-refractivity contribution in [2.24, 2.45) is 0 Å². The van der Waals surface area contributed by atoms with Crippen LogP contribution in [0.2, 0.25) is 0 Å². The molecular formula is C15H26N2O2. The molecule has 0 aliphatic carbocycles. The molecule has 0 aromatic heterocycles. The van der Waals surface area contributed by atoms with Gasteiger partial charge >= 0.3 is 0 Å². The van der Waals surface area contributed by atoms with Crippen LogP contribution in [0.3, 0.4) is 0 Å². The Hall–Kier alpha value is -0.940. The molecule has 1 aromatic carbocycles. The van der Waals surface area contributed by atoms with Gasteiger partial charge in [-0.1, -0.05) is 30.3 Å². The van der Waals surface area contributed by atoms with Crippen LogP contribution in [-0.2, 0) is 10.3 Å². The normalized spacial score (nSPS) is 14.6. The van der Waals surface area contributed by atoms with E-state index in [4.69, 9.17) is 4.74 Å². The molecule has 4 nitrogen and oxygen atoms in total. The van der Waals surface area contributed by atoms with Crippen LogP contribution in [0.4, 0.5) is 0 Å². The van der Waals surface area contributed by atoms with E-state index in [1.165, 1.54) is 0 Å². The van der Waals surface area contributed by atoms with E-state index in [2.05, 4.69) is 17.3 Å². The third-order valence-corrected chi connectivity index (χ3v) is 3.21. The van der Waals surface area contributed by atoms with Gasteiger partial charge in [-0.05, 0) is 19.5 Å². The fourth-order valence-corrected chi connectivity index (χ4v) is 1.86. The maximum atomic E-state index is 10.4. The number of hydrogen-bond acceptors (Lipinski definition) is 4. The second-order valence-corrected chi connectivity index (χ2v) is 5.11. The van der Waals surface area contributed by atoms with Crippen LogP contribution in [0.5, 0.6) is 0 Å². The van der Waals surface area contributed by atoms with E-state index in [1.807, 2.05) is 37.3 Å². The van der Waals surface area contributed by atoms with Gasteiger partial charge in [0, 0.05) is 33.3 Å². The third-order valence-electron chi connectivity index (χ3n) is 3.21. The van der Waals surface area contributed by atoms with Gasteiger partial charge in [0.25, 0.3) is 0 Å². The molecule has 2 N–H and O–H groups in total. The Morgan fingerprint density at radius 1 is 1.26 bits per heavy atom. The summed E-state index contributed by atoms with van der Waals surface area (Å²) in [5.74, 6) is 0. The van der Waals surface area contributed by atoms with E-state index in [-0.39, 0.29) is 0 Å². The van der Waals surface area contributed by atoms with E-state index < -0.39 is 5.60 Å². The van der Waals surface area contributed by atoms with Crippen molar-refractivity contribution < 1.29 is 9.84 Å². The topological polar surface area (TPSA) is 44.7 Å². The zero-order valence-electron chi connectivity index (χ0n) is 12.2. The van der Waals surface area contributed by atoms with E-state index >= 15 is 0 Å². The lowest BCUT2D eigenvalue weighted by molar-refractivity contribution is 0.0563. The summed E-state index contributed by atoms with van der Waals surface area (Å²) < 4.78 is 5.03. The minimum absolute atomic E-state index is 0.551. The smallest absolute Gasteiger partial charge is 0.0992 e. The van der Waals surface area contributed by atoms with Gasteiger partial charge in [0.05, 0.1) is 12.2 Å². The molecule has 0 spiro atoms. The fraction of sp³-hybridized carbons (Fsp3) is 0.600. The maximum Gasteiger partial charge on any atom is 0.0992 e. The number of aliphatic hydroxyl groups is 1. The average Bonchev–Trinajstić information content (AvgIpc) is 2.42. The molecule has 0 amide bonds. The number of hydrogen-bond donors (Lipinski definition) is 2. The number of benzene rings is 1. The Labute approximate surface area is 116 Å². The molecule has 0 saturated heterocycles. The molecule has 108 valence electrons. The van der Waals surface area contributed by atoms with Gasteiger partial charge in [-0.15, -0.1) is 0 Å². The highest BCUT2D eigenvalue weighted by atomic mass is 16.5. The van der Waals surface area contributed by atoms with Crippen LogP contribution in [0, 0.1) is 0 Å². The molecular weight excluding hydrogens is 240 g/mol. The zero-order valence-corrected chi connectivity index (χ0v) is 12.2. The van der Waals surface area contributed by atoms with Crippen molar-refractivity contribution in [3.8, 4) is 0 Å². The largest absolute Gasteiger partial charge is 0.384 e. The maximum absolute atomic E-state index is 10.4. The highest BCUT2D eigenvalue weighted by molar-refractivity contribution is 5.21. The number of methoxy groups -OCH3 is 1. The lowest BCUT2D eigenvalue weighted by atomic mass is 9.96. The molecule has 19 heavy (non-hydrogen) atoms. The van der Waals surface area contributed by atoms with E-state index in [0.29, 0.717) is 6.54 Å². The third kappa shape index (κ3) is 6.16. The van der Waals surface area contributed by atoms with Crippen molar-refractivity contribution in [3.05, 3.63) is 35.9 Å². The summed E-state index contributed by atoms with van der Waals surface area (Å²) in [5, 5.41) is 13.7. The monoisotopic (exact) mass is 266 g/mol. The summed E-state index contributed by atoms with van der Waals surface area (Å²) >= 11 is 0. The Morgan fingerprint density at radius 2 is 1.95 bits per heavy atom. The molecule has 1 atom stereocenters. The molecule has 0 aliphatic rings. The predicted octanol–water partition coefficient (Wildman–Crippen LogP) is 1.06. The number of rotatable bonds is 9. The van der Waals surface area contributed by atoms with E-state index in [1.54, 1.807) is 7.11 Å². The Kier molecular flexibility index (Phi) is 7.02. The summed E-state index contributed by atoms with van der Waals surface area (Å²) in [6.45, 7) is 5.85. The lowest BCUT2D eigenvalue weighted by Crippen LogP contribution is -2.39. The Morgan fingerprint density at radius 3 is 2.58 bits per heavy atom. The van der Waals surface area contributed by atoms with E-state index in [9.17, 15) is 5.11 Å². The molecule has 0 bridgehead atoms. The Bertz CT molecular complexity index is 341. The van der Waals surface area contributed by atoms with Gasteiger partial charge < -0.3 is 20.1 Å². The summed E-state index contributed by atoms with van der Waals surface area (Å²) in [6.07, 6.45) is 0. The molecule has 0 aliphatic heterocycles. The number of nitrogens with zero attached hydrogens (tertiary/aromatic N) is 1. The minimum atomic E-state index is -0.827. The summed E-state index contributed by atoms with van der Waals surface area (Å²) in [6, 6.07) is 9.75. The number of ether oxygens (including phenoxy) is 1. The van der Waals surface area contributed by atoms with Crippen molar-refractivity contribution in [2.45, 2.75) is 12.5 Å². The molecule has 1 rings (SSSR count). The zero-order chi connectivity index (χ0) is 14.1. The molecule has 1 unspecified atom stereocenters. The standard InChI is InChI=1S/C15H26N2O2/c1-15(18,14-7-5-4-6-8-14)13-16-9-10-17(2)11-12-19-3/h4-8,16,18H,9-13H2,1-3H3. The number of likely N-dealkylation sites (N-methyl/N-ethyl adjacent to an activating group) is 1. The van der Waals surface area contributed by atoms with Crippen LogP contribution in [-0.4, -0.2) is 56.9 Å². The molecule has 4 heteroatoms. The van der Waals surface area contributed by atoms with Crippen LogP contribution >= 0.6 is 0 Å². The quantitative estimate of drug-likeness (QED) is 0.656.